The molecule has 7 heteroatoms. The van der Waals surface area contributed by atoms with Gasteiger partial charge < -0.3 is 19.7 Å². The molecule has 2 heterocycles. The SMILES string of the molecule is CN=C(NCC(OC)c1ccc(F)cc1)N1CCC(CN2CCOCC2)C1. The molecule has 2 fully saturated rings. The second-order valence-corrected chi connectivity index (χ2v) is 7.22. The number of rotatable bonds is 6. The summed E-state index contributed by atoms with van der Waals surface area (Å²) in [4.78, 5) is 9.27. The van der Waals surface area contributed by atoms with Gasteiger partial charge in [0.05, 0.1) is 19.3 Å². The number of hydrogen-bond donors (Lipinski definition) is 1. The van der Waals surface area contributed by atoms with Crippen LogP contribution in [0.15, 0.2) is 29.3 Å². The number of likely N-dealkylation sites (tertiary alicyclic amines) is 1. The Bertz CT molecular complexity index is 605. The molecule has 0 aromatic heterocycles. The van der Waals surface area contributed by atoms with Gasteiger partial charge in [0, 0.05) is 53.4 Å². The highest BCUT2D eigenvalue weighted by Gasteiger charge is 2.27. The maximum atomic E-state index is 13.1. The molecule has 1 N–H and O–H groups in total. The van der Waals surface area contributed by atoms with E-state index in [0.717, 1.165) is 57.5 Å². The maximum absolute atomic E-state index is 13.1. The molecule has 0 aliphatic carbocycles. The average molecular weight is 378 g/mol. The third-order valence-electron chi connectivity index (χ3n) is 5.39. The normalized spacial score (nSPS) is 22.9. The average Bonchev–Trinajstić information content (AvgIpc) is 3.15. The summed E-state index contributed by atoms with van der Waals surface area (Å²) < 4.78 is 24.2. The van der Waals surface area contributed by atoms with Crippen molar-refractivity contribution in [3.63, 3.8) is 0 Å². The zero-order valence-corrected chi connectivity index (χ0v) is 16.4. The molecule has 0 radical (unpaired) electrons. The minimum atomic E-state index is -0.235. The standard InChI is InChI=1S/C20H31FN4O2/c1-22-20(23-13-19(26-2)17-3-5-18(21)6-4-17)25-8-7-16(15-25)14-24-9-11-27-12-10-24/h3-6,16,19H,7-15H2,1-2H3,(H,22,23). The van der Waals surface area contributed by atoms with Crippen molar-refractivity contribution in [3.8, 4) is 0 Å². The summed E-state index contributed by atoms with van der Waals surface area (Å²) in [5.74, 6) is 1.33. The number of nitrogens with one attached hydrogen (secondary N) is 1. The van der Waals surface area contributed by atoms with E-state index in [-0.39, 0.29) is 11.9 Å². The van der Waals surface area contributed by atoms with Crippen molar-refractivity contribution in [2.24, 2.45) is 10.9 Å². The van der Waals surface area contributed by atoms with Crippen LogP contribution in [0.2, 0.25) is 0 Å². The number of aliphatic imine (C=N–C) groups is 1. The van der Waals surface area contributed by atoms with Crippen LogP contribution >= 0.6 is 0 Å². The van der Waals surface area contributed by atoms with Gasteiger partial charge in [-0.2, -0.15) is 0 Å². The zero-order chi connectivity index (χ0) is 19.1. The summed E-state index contributed by atoms with van der Waals surface area (Å²) in [5.41, 5.74) is 0.952. The van der Waals surface area contributed by atoms with Crippen molar-refractivity contribution in [2.45, 2.75) is 12.5 Å². The lowest BCUT2D eigenvalue weighted by atomic mass is 10.1. The molecular formula is C20H31FN4O2. The molecule has 2 unspecified atom stereocenters. The van der Waals surface area contributed by atoms with Crippen LogP contribution in [0.25, 0.3) is 0 Å². The van der Waals surface area contributed by atoms with Gasteiger partial charge in [0.25, 0.3) is 0 Å². The number of morpholine rings is 1. The molecule has 1 aromatic carbocycles. The fourth-order valence-corrected chi connectivity index (χ4v) is 3.85. The number of nitrogens with zero attached hydrogens (tertiary/aromatic N) is 3. The molecule has 2 saturated heterocycles. The van der Waals surface area contributed by atoms with Gasteiger partial charge in [-0.3, -0.25) is 9.89 Å². The van der Waals surface area contributed by atoms with Gasteiger partial charge in [-0.05, 0) is 30.0 Å². The van der Waals surface area contributed by atoms with E-state index in [1.165, 1.54) is 18.6 Å². The summed E-state index contributed by atoms with van der Waals surface area (Å²) >= 11 is 0. The second-order valence-electron chi connectivity index (χ2n) is 7.22. The molecule has 2 aliphatic rings. The Morgan fingerprint density at radius 3 is 2.70 bits per heavy atom. The number of halogens is 1. The van der Waals surface area contributed by atoms with Crippen molar-refractivity contribution in [1.29, 1.82) is 0 Å². The number of hydrogen-bond acceptors (Lipinski definition) is 4. The lowest BCUT2D eigenvalue weighted by Crippen LogP contribution is -2.43. The summed E-state index contributed by atoms with van der Waals surface area (Å²) in [6.45, 7) is 7.54. The van der Waals surface area contributed by atoms with E-state index >= 15 is 0 Å². The Morgan fingerprint density at radius 2 is 2.04 bits per heavy atom. The first-order chi connectivity index (χ1) is 13.2. The van der Waals surface area contributed by atoms with Gasteiger partial charge in [0.2, 0.25) is 0 Å². The predicted molar refractivity (Wildman–Crippen MR) is 104 cm³/mol. The molecular weight excluding hydrogens is 347 g/mol. The van der Waals surface area contributed by atoms with E-state index in [2.05, 4.69) is 20.1 Å². The van der Waals surface area contributed by atoms with Crippen LogP contribution in [0, 0.1) is 11.7 Å². The maximum Gasteiger partial charge on any atom is 0.193 e. The summed E-state index contributed by atoms with van der Waals surface area (Å²) in [7, 11) is 3.49. The zero-order valence-electron chi connectivity index (χ0n) is 16.4. The quantitative estimate of drug-likeness (QED) is 0.604. The minimum absolute atomic E-state index is 0.144. The fraction of sp³-hybridized carbons (Fsp3) is 0.650. The van der Waals surface area contributed by atoms with Crippen LogP contribution in [0.5, 0.6) is 0 Å². The number of benzene rings is 1. The van der Waals surface area contributed by atoms with Crippen LogP contribution in [-0.2, 0) is 9.47 Å². The van der Waals surface area contributed by atoms with E-state index in [1.807, 2.05) is 7.05 Å². The Morgan fingerprint density at radius 1 is 1.30 bits per heavy atom. The fourth-order valence-electron chi connectivity index (χ4n) is 3.85. The minimum Gasteiger partial charge on any atom is -0.379 e. The van der Waals surface area contributed by atoms with E-state index in [9.17, 15) is 4.39 Å². The Kier molecular flexibility index (Phi) is 7.43. The van der Waals surface area contributed by atoms with Crippen LogP contribution in [0.1, 0.15) is 18.1 Å². The number of ether oxygens (including phenoxy) is 2. The number of guanidine groups is 1. The molecule has 3 rings (SSSR count). The molecule has 27 heavy (non-hydrogen) atoms. The second kappa shape index (κ2) is 10.0. The molecule has 150 valence electrons. The third-order valence-corrected chi connectivity index (χ3v) is 5.39. The van der Waals surface area contributed by atoms with E-state index in [1.54, 1.807) is 19.2 Å². The highest BCUT2D eigenvalue weighted by atomic mass is 19.1. The van der Waals surface area contributed by atoms with Gasteiger partial charge in [-0.1, -0.05) is 12.1 Å². The lowest BCUT2D eigenvalue weighted by molar-refractivity contribution is 0.0315. The first kappa shape index (κ1) is 20.0. The monoisotopic (exact) mass is 378 g/mol. The van der Waals surface area contributed by atoms with Crippen LogP contribution < -0.4 is 5.32 Å². The van der Waals surface area contributed by atoms with Crippen molar-refractivity contribution in [2.75, 3.05) is 66.6 Å². The van der Waals surface area contributed by atoms with Crippen LogP contribution in [0.3, 0.4) is 0 Å². The van der Waals surface area contributed by atoms with E-state index in [0.29, 0.717) is 12.5 Å². The van der Waals surface area contributed by atoms with Crippen molar-refractivity contribution in [1.82, 2.24) is 15.1 Å². The largest absolute Gasteiger partial charge is 0.379 e. The van der Waals surface area contributed by atoms with Crippen LogP contribution in [-0.4, -0.2) is 82.4 Å². The molecule has 0 saturated carbocycles. The molecule has 6 nitrogen and oxygen atoms in total. The molecule has 1 aromatic rings. The summed E-state index contributed by atoms with van der Waals surface area (Å²) in [5, 5.41) is 3.42. The first-order valence-electron chi connectivity index (χ1n) is 9.73. The predicted octanol–water partition coefficient (Wildman–Crippen LogP) is 1.74. The Hall–Kier alpha value is -1.70. The first-order valence-corrected chi connectivity index (χ1v) is 9.73. The number of methoxy groups -OCH3 is 1. The molecule has 2 atom stereocenters. The third kappa shape index (κ3) is 5.64. The summed E-state index contributed by atoms with van der Waals surface area (Å²) in [6.07, 6.45) is 1.04. The highest BCUT2D eigenvalue weighted by Crippen LogP contribution is 2.19. The molecule has 0 amide bonds. The van der Waals surface area contributed by atoms with Gasteiger partial charge in [0.15, 0.2) is 5.96 Å². The van der Waals surface area contributed by atoms with Crippen LogP contribution in [0.4, 0.5) is 4.39 Å². The van der Waals surface area contributed by atoms with Crippen molar-refractivity contribution >= 4 is 5.96 Å². The summed E-state index contributed by atoms with van der Waals surface area (Å²) in [6, 6.07) is 6.46. The van der Waals surface area contributed by atoms with Gasteiger partial charge in [0.1, 0.15) is 5.82 Å². The van der Waals surface area contributed by atoms with Gasteiger partial charge in [-0.15, -0.1) is 0 Å². The molecule has 0 bridgehead atoms. The molecule has 2 aliphatic heterocycles. The van der Waals surface area contributed by atoms with E-state index < -0.39 is 0 Å². The van der Waals surface area contributed by atoms with Gasteiger partial charge in [-0.25, -0.2) is 4.39 Å². The molecule has 0 spiro atoms. The Labute approximate surface area is 161 Å². The smallest absolute Gasteiger partial charge is 0.193 e. The van der Waals surface area contributed by atoms with Crippen molar-refractivity contribution < 1.29 is 13.9 Å². The lowest BCUT2D eigenvalue weighted by Gasteiger charge is -2.29. The van der Waals surface area contributed by atoms with Crippen molar-refractivity contribution in [3.05, 3.63) is 35.6 Å². The topological polar surface area (TPSA) is 49.3 Å². The Balaban J connectivity index is 1.49. The van der Waals surface area contributed by atoms with E-state index in [4.69, 9.17) is 9.47 Å². The highest BCUT2D eigenvalue weighted by molar-refractivity contribution is 5.80. The van der Waals surface area contributed by atoms with Gasteiger partial charge >= 0.3 is 0 Å².